The Morgan fingerprint density at radius 2 is 1.73 bits per heavy atom. The molecule has 0 atom stereocenters. The summed E-state index contributed by atoms with van der Waals surface area (Å²) in [5.74, 6) is -0.661. The number of halogens is 2. The van der Waals surface area contributed by atoms with Gasteiger partial charge in [0.05, 0.1) is 34.0 Å². The number of para-hydroxylation sites is 1. The quantitative estimate of drug-likeness (QED) is 0.599. The summed E-state index contributed by atoms with van der Waals surface area (Å²) in [7, 11) is -0.985. The average Bonchev–Trinajstić information content (AvgIpc) is 2.74. The molecule has 3 aromatic rings. The van der Waals surface area contributed by atoms with E-state index in [1.54, 1.807) is 18.2 Å². The number of rotatable bonds is 6. The number of amides is 1. The molecule has 6 nitrogen and oxygen atoms in total. The lowest BCUT2D eigenvalue weighted by atomic mass is 10.2. The first-order valence-electron chi connectivity index (χ1n) is 8.72. The maximum Gasteiger partial charge on any atom is 0.264 e. The van der Waals surface area contributed by atoms with Gasteiger partial charge in [-0.3, -0.25) is 9.10 Å². The minimum absolute atomic E-state index is 0.0156. The van der Waals surface area contributed by atoms with Gasteiger partial charge in [0.1, 0.15) is 11.6 Å². The van der Waals surface area contributed by atoms with Crippen molar-refractivity contribution in [2.45, 2.75) is 4.90 Å². The lowest BCUT2D eigenvalue weighted by Gasteiger charge is -2.20. The van der Waals surface area contributed by atoms with Gasteiger partial charge in [0.25, 0.3) is 15.9 Å². The topological polar surface area (TPSA) is 75.7 Å². The number of carbonyl (C=O) groups is 1. The Kier molecular flexibility index (Phi) is 6.28. The van der Waals surface area contributed by atoms with Gasteiger partial charge in [0.2, 0.25) is 0 Å². The van der Waals surface area contributed by atoms with E-state index in [9.17, 15) is 17.6 Å². The van der Waals surface area contributed by atoms with Crippen LogP contribution in [0, 0.1) is 5.82 Å². The summed E-state index contributed by atoms with van der Waals surface area (Å²) in [6, 6.07) is 15.9. The molecule has 30 heavy (non-hydrogen) atoms. The van der Waals surface area contributed by atoms with Crippen LogP contribution in [0.4, 0.5) is 15.8 Å². The number of hydrogen-bond acceptors (Lipinski definition) is 4. The van der Waals surface area contributed by atoms with E-state index in [0.717, 1.165) is 4.31 Å². The van der Waals surface area contributed by atoms with Crippen molar-refractivity contribution in [3.8, 4) is 5.75 Å². The number of sulfonamides is 1. The van der Waals surface area contributed by atoms with Gasteiger partial charge in [-0.2, -0.15) is 0 Å². The SMILES string of the molecule is COc1ccc(S(=O)(=O)N(C)c2ccc(C(=O)Nc3ccccc3F)c(Cl)c2)cc1. The highest BCUT2D eigenvalue weighted by molar-refractivity contribution is 7.92. The van der Waals surface area contributed by atoms with Gasteiger partial charge in [-0.25, -0.2) is 12.8 Å². The molecule has 0 spiro atoms. The minimum atomic E-state index is -3.85. The molecule has 0 unspecified atom stereocenters. The lowest BCUT2D eigenvalue weighted by molar-refractivity contribution is 0.102. The molecule has 0 radical (unpaired) electrons. The van der Waals surface area contributed by atoms with Crippen molar-refractivity contribution in [2.75, 3.05) is 23.8 Å². The van der Waals surface area contributed by atoms with Crippen molar-refractivity contribution in [1.82, 2.24) is 0 Å². The van der Waals surface area contributed by atoms with E-state index in [4.69, 9.17) is 16.3 Å². The number of ether oxygens (including phenoxy) is 1. The third-order valence-corrected chi connectivity index (χ3v) is 6.51. The van der Waals surface area contributed by atoms with E-state index in [-0.39, 0.29) is 26.9 Å². The molecule has 3 aromatic carbocycles. The molecule has 1 N–H and O–H groups in total. The maximum absolute atomic E-state index is 13.7. The highest BCUT2D eigenvalue weighted by Crippen LogP contribution is 2.28. The lowest BCUT2D eigenvalue weighted by Crippen LogP contribution is -2.26. The Hall–Kier alpha value is -3.10. The molecule has 9 heteroatoms. The largest absolute Gasteiger partial charge is 0.497 e. The number of nitrogens with one attached hydrogen (secondary N) is 1. The van der Waals surface area contributed by atoms with Crippen LogP contribution < -0.4 is 14.4 Å². The van der Waals surface area contributed by atoms with Gasteiger partial charge < -0.3 is 10.1 Å². The molecule has 0 aliphatic heterocycles. The molecular formula is C21H18ClFN2O4S. The highest BCUT2D eigenvalue weighted by atomic mass is 35.5. The van der Waals surface area contributed by atoms with Crippen molar-refractivity contribution >= 4 is 38.9 Å². The van der Waals surface area contributed by atoms with Crippen molar-refractivity contribution in [2.24, 2.45) is 0 Å². The Bertz CT molecular complexity index is 1180. The maximum atomic E-state index is 13.7. The molecule has 0 saturated carbocycles. The molecule has 0 fully saturated rings. The fraction of sp³-hybridized carbons (Fsp3) is 0.0952. The van der Waals surface area contributed by atoms with Crippen LogP contribution in [0.15, 0.2) is 71.6 Å². The summed E-state index contributed by atoms with van der Waals surface area (Å²) < 4.78 is 45.6. The van der Waals surface area contributed by atoms with Crippen LogP contribution in [0.2, 0.25) is 5.02 Å². The number of nitrogens with zero attached hydrogens (tertiary/aromatic N) is 1. The number of carbonyl (C=O) groups excluding carboxylic acids is 1. The van der Waals surface area contributed by atoms with Crippen LogP contribution >= 0.6 is 11.6 Å². The second-order valence-electron chi connectivity index (χ2n) is 6.25. The second-order valence-corrected chi connectivity index (χ2v) is 8.62. The molecule has 1 amide bonds. The first-order chi connectivity index (χ1) is 14.2. The molecule has 0 saturated heterocycles. The molecule has 0 aliphatic carbocycles. The van der Waals surface area contributed by atoms with Gasteiger partial charge in [-0.05, 0) is 54.6 Å². The molecule has 156 valence electrons. The Morgan fingerprint density at radius 1 is 1.07 bits per heavy atom. The first kappa shape index (κ1) is 21.6. The third-order valence-electron chi connectivity index (χ3n) is 4.40. The predicted octanol–water partition coefficient (Wildman–Crippen LogP) is 4.57. The fourth-order valence-electron chi connectivity index (χ4n) is 2.68. The van der Waals surface area contributed by atoms with Gasteiger partial charge in [-0.1, -0.05) is 23.7 Å². The molecular weight excluding hydrogens is 431 g/mol. The number of methoxy groups -OCH3 is 1. The van der Waals surface area contributed by atoms with Gasteiger partial charge in [0, 0.05) is 7.05 Å². The Morgan fingerprint density at radius 3 is 2.33 bits per heavy atom. The molecule has 3 rings (SSSR count). The minimum Gasteiger partial charge on any atom is -0.497 e. The van der Waals surface area contributed by atoms with E-state index < -0.39 is 21.7 Å². The van der Waals surface area contributed by atoms with E-state index in [1.165, 1.54) is 62.7 Å². The number of anilines is 2. The zero-order valence-corrected chi connectivity index (χ0v) is 17.7. The monoisotopic (exact) mass is 448 g/mol. The van der Waals surface area contributed by atoms with E-state index in [2.05, 4.69) is 5.32 Å². The number of hydrogen-bond donors (Lipinski definition) is 1. The van der Waals surface area contributed by atoms with E-state index in [1.807, 2.05) is 0 Å². The van der Waals surface area contributed by atoms with Crippen LogP contribution in [0.3, 0.4) is 0 Å². The van der Waals surface area contributed by atoms with Crippen molar-refractivity contribution in [3.63, 3.8) is 0 Å². The van der Waals surface area contributed by atoms with Crippen LogP contribution in [-0.4, -0.2) is 28.5 Å². The fourth-order valence-corrected chi connectivity index (χ4v) is 4.13. The molecule has 0 heterocycles. The zero-order valence-electron chi connectivity index (χ0n) is 16.1. The Balaban J connectivity index is 1.84. The van der Waals surface area contributed by atoms with Gasteiger partial charge in [-0.15, -0.1) is 0 Å². The van der Waals surface area contributed by atoms with Crippen LogP contribution in [0.1, 0.15) is 10.4 Å². The van der Waals surface area contributed by atoms with Crippen molar-refractivity contribution in [1.29, 1.82) is 0 Å². The van der Waals surface area contributed by atoms with Crippen LogP contribution in [0.25, 0.3) is 0 Å². The summed E-state index contributed by atoms with van der Waals surface area (Å²) in [5, 5.41) is 2.47. The van der Waals surface area contributed by atoms with Crippen molar-refractivity contribution in [3.05, 3.63) is 83.1 Å². The smallest absolute Gasteiger partial charge is 0.264 e. The highest BCUT2D eigenvalue weighted by Gasteiger charge is 2.23. The zero-order chi connectivity index (χ0) is 21.9. The third kappa shape index (κ3) is 4.39. The number of benzene rings is 3. The standard InChI is InChI=1S/C21H18ClFN2O4S/c1-25(30(27,28)16-10-8-15(29-2)9-11-16)14-7-12-17(18(22)13-14)21(26)24-20-6-4-3-5-19(20)23/h3-13H,1-2H3,(H,24,26). The summed E-state index contributed by atoms with van der Waals surface area (Å²) in [6.07, 6.45) is 0. The summed E-state index contributed by atoms with van der Waals surface area (Å²) in [4.78, 5) is 12.5. The molecule has 0 aliphatic rings. The van der Waals surface area contributed by atoms with Crippen molar-refractivity contribution < 1.29 is 22.3 Å². The van der Waals surface area contributed by atoms with E-state index in [0.29, 0.717) is 5.75 Å². The first-order valence-corrected chi connectivity index (χ1v) is 10.5. The molecule has 0 bridgehead atoms. The molecule has 0 aromatic heterocycles. The summed E-state index contributed by atoms with van der Waals surface area (Å²) >= 11 is 6.22. The summed E-state index contributed by atoms with van der Waals surface area (Å²) in [5.41, 5.74) is 0.360. The average molecular weight is 449 g/mol. The normalized spacial score (nSPS) is 11.1. The van der Waals surface area contributed by atoms with Crippen LogP contribution in [-0.2, 0) is 10.0 Å². The van der Waals surface area contributed by atoms with Crippen LogP contribution in [0.5, 0.6) is 5.75 Å². The Labute approximate surface area is 178 Å². The van der Waals surface area contributed by atoms with Gasteiger partial charge >= 0.3 is 0 Å². The van der Waals surface area contributed by atoms with Gasteiger partial charge in [0.15, 0.2) is 0 Å². The predicted molar refractivity (Wildman–Crippen MR) is 114 cm³/mol. The summed E-state index contributed by atoms with van der Waals surface area (Å²) in [6.45, 7) is 0. The second kappa shape index (κ2) is 8.73. The van der Waals surface area contributed by atoms with E-state index >= 15 is 0 Å².